The summed E-state index contributed by atoms with van der Waals surface area (Å²) in [7, 11) is 1.55. The monoisotopic (exact) mass is 389 g/mol. The van der Waals surface area contributed by atoms with Gasteiger partial charge < -0.3 is 25.4 Å². The Balaban J connectivity index is 1.53. The van der Waals surface area contributed by atoms with Gasteiger partial charge in [-0.15, -0.1) is 0 Å². The molecule has 7 nitrogen and oxygen atoms in total. The zero-order valence-corrected chi connectivity index (χ0v) is 16.8. The van der Waals surface area contributed by atoms with Crippen LogP contribution in [0.3, 0.4) is 0 Å². The lowest BCUT2D eigenvalue weighted by atomic mass is 9.84. The van der Waals surface area contributed by atoms with Gasteiger partial charge in [0.05, 0.1) is 7.11 Å². The topological polar surface area (TPSA) is 88.7 Å². The lowest BCUT2D eigenvalue weighted by Crippen LogP contribution is -2.32. The molecule has 1 unspecified atom stereocenters. The molecule has 0 radical (unpaired) electrons. The van der Waals surface area contributed by atoms with Crippen LogP contribution in [0.1, 0.15) is 39.0 Å². The van der Waals surface area contributed by atoms with Crippen LogP contribution in [0.5, 0.6) is 11.5 Å². The molecule has 1 atom stereocenters. The van der Waals surface area contributed by atoms with E-state index in [0.29, 0.717) is 41.5 Å². The highest BCUT2D eigenvalue weighted by atomic mass is 16.5. The fourth-order valence-electron chi connectivity index (χ4n) is 3.59. The molecule has 154 valence electrons. The fraction of sp³-hybridized carbons (Fsp3) is 0.619. The summed E-state index contributed by atoms with van der Waals surface area (Å²) in [5.74, 6) is 1.76. The van der Waals surface area contributed by atoms with Crippen LogP contribution in [0.2, 0.25) is 0 Å². The number of hydrogen-bond donors (Lipinski definition) is 3. The van der Waals surface area contributed by atoms with Gasteiger partial charge in [-0.25, -0.2) is 0 Å². The predicted octanol–water partition coefficient (Wildman–Crippen LogP) is 2.32. The molecule has 1 aliphatic heterocycles. The molecule has 2 aliphatic rings. The fourth-order valence-corrected chi connectivity index (χ4v) is 3.59. The van der Waals surface area contributed by atoms with Crippen molar-refractivity contribution in [3.8, 4) is 11.5 Å². The molecular formula is C21H31N3O4. The van der Waals surface area contributed by atoms with Gasteiger partial charge in [0.25, 0.3) is 5.91 Å². The van der Waals surface area contributed by atoms with E-state index in [0.717, 1.165) is 38.8 Å². The number of ether oxygens (including phenoxy) is 2. The smallest absolute Gasteiger partial charge is 0.258 e. The van der Waals surface area contributed by atoms with Gasteiger partial charge in [-0.1, -0.05) is 6.92 Å². The Morgan fingerprint density at radius 3 is 2.57 bits per heavy atom. The van der Waals surface area contributed by atoms with Crippen molar-refractivity contribution in [2.24, 2.45) is 11.8 Å². The van der Waals surface area contributed by atoms with E-state index in [1.54, 1.807) is 25.3 Å². The molecule has 1 aliphatic carbocycles. The number of methoxy groups -OCH3 is 1. The third kappa shape index (κ3) is 6.12. The molecule has 0 bridgehead atoms. The highest BCUT2D eigenvalue weighted by Crippen LogP contribution is 2.31. The molecule has 2 amide bonds. The second kappa shape index (κ2) is 9.78. The van der Waals surface area contributed by atoms with Crippen LogP contribution in [0.4, 0.5) is 5.69 Å². The first-order valence-corrected chi connectivity index (χ1v) is 10.2. The summed E-state index contributed by atoms with van der Waals surface area (Å²) in [5, 5.41) is 9.18. The Hall–Kier alpha value is -2.28. The van der Waals surface area contributed by atoms with Gasteiger partial charge in [0, 0.05) is 24.2 Å². The summed E-state index contributed by atoms with van der Waals surface area (Å²) in [6.45, 7) is 4.14. The molecule has 1 aromatic rings. The second-order valence-electron chi connectivity index (χ2n) is 7.81. The first-order chi connectivity index (χ1) is 13.5. The van der Waals surface area contributed by atoms with Crippen LogP contribution in [0.25, 0.3) is 0 Å². The molecule has 3 N–H and O–H groups in total. The largest absolute Gasteiger partial charge is 0.493 e. The number of hydrogen-bond acceptors (Lipinski definition) is 5. The molecule has 7 heteroatoms. The SMILES string of the molecule is COc1ccc(NC(=O)CC(C)C2CCNCC2)cc1OCC(=O)NC1CC1. The number of nitrogens with one attached hydrogen (secondary N) is 3. The van der Waals surface area contributed by atoms with Gasteiger partial charge in [0.2, 0.25) is 5.91 Å². The Bertz CT molecular complexity index is 684. The second-order valence-corrected chi connectivity index (χ2v) is 7.81. The van der Waals surface area contributed by atoms with Crippen molar-refractivity contribution in [3.05, 3.63) is 18.2 Å². The van der Waals surface area contributed by atoms with E-state index in [-0.39, 0.29) is 18.4 Å². The average Bonchev–Trinajstić information content (AvgIpc) is 3.51. The minimum atomic E-state index is -0.144. The van der Waals surface area contributed by atoms with Crippen molar-refractivity contribution in [1.82, 2.24) is 10.6 Å². The molecular weight excluding hydrogens is 358 g/mol. The minimum absolute atomic E-state index is 0.00590. The van der Waals surface area contributed by atoms with Gasteiger partial charge >= 0.3 is 0 Å². The van der Waals surface area contributed by atoms with Gasteiger partial charge in [-0.05, 0) is 62.7 Å². The Morgan fingerprint density at radius 2 is 1.89 bits per heavy atom. The maximum atomic E-state index is 12.5. The van der Waals surface area contributed by atoms with Crippen LogP contribution >= 0.6 is 0 Å². The molecule has 2 fully saturated rings. The Labute approximate surface area is 166 Å². The van der Waals surface area contributed by atoms with Gasteiger partial charge in [0.1, 0.15) is 0 Å². The zero-order chi connectivity index (χ0) is 19.9. The summed E-state index contributed by atoms with van der Waals surface area (Å²) in [6.07, 6.45) is 4.81. The number of anilines is 1. The summed E-state index contributed by atoms with van der Waals surface area (Å²) >= 11 is 0. The zero-order valence-electron chi connectivity index (χ0n) is 16.8. The number of carbonyl (C=O) groups excluding carboxylic acids is 2. The standard InChI is InChI=1S/C21H31N3O4/c1-14(15-7-9-22-10-8-15)11-20(25)24-17-5-6-18(27-2)19(12-17)28-13-21(26)23-16-3-4-16/h5-6,12,14-16,22H,3-4,7-11,13H2,1-2H3,(H,23,26)(H,24,25). The Kier molecular flexibility index (Phi) is 7.14. The van der Waals surface area contributed by atoms with Crippen LogP contribution in [0.15, 0.2) is 18.2 Å². The van der Waals surface area contributed by atoms with Crippen molar-refractivity contribution in [3.63, 3.8) is 0 Å². The van der Waals surface area contributed by atoms with E-state index < -0.39 is 0 Å². The maximum absolute atomic E-state index is 12.5. The third-order valence-electron chi connectivity index (χ3n) is 5.44. The van der Waals surface area contributed by atoms with Gasteiger partial charge in [-0.3, -0.25) is 9.59 Å². The molecule has 3 rings (SSSR count). The minimum Gasteiger partial charge on any atom is -0.493 e. The molecule has 1 aromatic carbocycles. The van der Waals surface area contributed by atoms with Crippen LogP contribution in [0, 0.1) is 11.8 Å². The summed E-state index contributed by atoms with van der Waals surface area (Å²) < 4.78 is 10.9. The van der Waals surface area contributed by atoms with E-state index in [1.165, 1.54) is 0 Å². The highest BCUT2D eigenvalue weighted by Gasteiger charge is 2.24. The molecule has 0 aromatic heterocycles. The molecule has 28 heavy (non-hydrogen) atoms. The Morgan fingerprint density at radius 1 is 1.14 bits per heavy atom. The van der Waals surface area contributed by atoms with Gasteiger partial charge in [-0.2, -0.15) is 0 Å². The van der Waals surface area contributed by atoms with Crippen LogP contribution in [-0.4, -0.2) is 44.7 Å². The van der Waals surface area contributed by atoms with Crippen molar-refractivity contribution in [2.75, 3.05) is 32.1 Å². The molecule has 1 saturated heterocycles. The summed E-state index contributed by atoms with van der Waals surface area (Å²) in [6, 6.07) is 5.52. The van der Waals surface area contributed by atoms with Crippen molar-refractivity contribution in [2.45, 2.75) is 45.1 Å². The normalized spacial score (nSPS) is 18.2. The molecule has 0 spiro atoms. The van der Waals surface area contributed by atoms with Crippen molar-refractivity contribution >= 4 is 17.5 Å². The number of rotatable bonds is 9. The average molecular weight is 389 g/mol. The third-order valence-corrected chi connectivity index (χ3v) is 5.44. The van der Waals surface area contributed by atoms with E-state index in [9.17, 15) is 9.59 Å². The van der Waals surface area contributed by atoms with E-state index in [2.05, 4.69) is 22.9 Å². The predicted molar refractivity (Wildman–Crippen MR) is 108 cm³/mol. The lowest BCUT2D eigenvalue weighted by Gasteiger charge is -2.27. The van der Waals surface area contributed by atoms with E-state index >= 15 is 0 Å². The number of amides is 2. The summed E-state index contributed by atoms with van der Waals surface area (Å²) in [4.78, 5) is 24.3. The number of carbonyl (C=O) groups is 2. The van der Waals surface area contributed by atoms with Crippen molar-refractivity contribution in [1.29, 1.82) is 0 Å². The summed E-state index contributed by atoms with van der Waals surface area (Å²) in [5.41, 5.74) is 0.640. The van der Waals surface area contributed by atoms with Crippen LogP contribution in [-0.2, 0) is 9.59 Å². The first-order valence-electron chi connectivity index (χ1n) is 10.2. The maximum Gasteiger partial charge on any atom is 0.258 e. The number of benzene rings is 1. The first kappa shape index (κ1) is 20.5. The molecule has 1 saturated carbocycles. The van der Waals surface area contributed by atoms with Crippen molar-refractivity contribution < 1.29 is 19.1 Å². The quantitative estimate of drug-likeness (QED) is 0.603. The molecule has 1 heterocycles. The highest BCUT2D eigenvalue weighted by molar-refractivity contribution is 5.91. The lowest BCUT2D eigenvalue weighted by molar-refractivity contribution is -0.123. The van der Waals surface area contributed by atoms with E-state index in [1.807, 2.05) is 0 Å². The van der Waals surface area contributed by atoms with Crippen LogP contribution < -0.4 is 25.4 Å². The van der Waals surface area contributed by atoms with E-state index in [4.69, 9.17) is 9.47 Å². The van der Waals surface area contributed by atoms with Gasteiger partial charge in [0.15, 0.2) is 18.1 Å². The number of piperidine rings is 1.